The molecule has 0 aliphatic carbocycles. The Labute approximate surface area is 182 Å². The molecule has 1 aromatic carbocycles. The van der Waals surface area contributed by atoms with Crippen LogP contribution in [-0.4, -0.2) is 46.9 Å². The standard InChI is InChI=1S/C22H22F3N3O4/c1-11(2)17(29)27-9-20(3)15-16(21(4,10-27)32-20)19(31)28(18(15)30)13-6-5-12(8-26)14(7-13)22(23,24)25/h5-7,11,15-16H,9-10H2,1-4H3/t15-,16+,20-,21+. The third-order valence-corrected chi connectivity index (χ3v) is 6.59. The number of rotatable bonds is 2. The largest absolute Gasteiger partial charge is 0.417 e. The lowest BCUT2D eigenvalue weighted by Gasteiger charge is -2.45. The van der Waals surface area contributed by atoms with E-state index in [4.69, 9.17) is 10.00 Å². The van der Waals surface area contributed by atoms with E-state index in [0.29, 0.717) is 6.07 Å². The zero-order chi connectivity index (χ0) is 23.8. The summed E-state index contributed by atoms with van der Waals surface area (Å²) in [6, 6.07) is 4.27. The van der Waals surface area contributed by atoms with Gasteiger partial charge in [0.05, 0.1) is 59.0 Å². The monoisotopic (exact) mass is 449 g/mol. The number of likely N-dealkylation sites (tertiary alicyclic amines) is 1. The quantitative estimate of drug-likeness (QED) is 0.648. The molecule has 3 heterocycles. The Bertz CT molecular complexity index is 1040. The third kappa shape index (κ3) is 3.02. The zero-order valence-corrected chi connectivity index (χ0v) is 18.0. The minimum atomic E-state index is -4.82. The van der Waals surface area contributed by atoms with Gasteiger partial charge in [0, 0.05) is 5.92 Å². The first-order valence-corrected chi connectivity index (χ1v) is 10.2. The molecule has 2 bridgehead atoms. The van der Waals surface area contributed by atoms with Crippen LogP contribution in [-0.2, 0) is 25.3 Å². The van der Waals surface area contributed by atoms with Crippen molar-refractivity contribution >= 4 is 23.4 Å². The molecule has 3 fully saturated rings. The van der Waals surface area contributed by atoms with Gasteiger partial charge >= 0.3 is 6.18 Å². The maximum absolute atomic E-state index is 13.4. The molecule has 10 heteroatoms. The lowest BCUT2D eigenvalue weighted by molar-refractivity contribution is -0.180. The Morgan fingerprint density at radius 1 is 1.16 bits per heavy atom. The smallest absolute Gasteiger partial charge is 0.364 e. The number of imide groups is 1. The summed E-state index contributed by atoms with van der Waals surface area (Å²) in [6.45, 7) is 7.04. The topological polar surface area (TPSA) is 90.7 Å². The summed E-state index contributed by atoms with van der Waals surface area (Å²) in [4.78, 5) is 41.8. The lowest BCUT2D eigenvalue weighted by Crippen LogP contribution is -2.60. The molecule has 4 atom stereocenters. The number of ether oxygens (including phenoxy) is 1. The molecular formula is C22H22F3N3O4. The molecule has 0 unspecified atom stereocenters. The molecule has 0 aromatic heterocycles. The Balaban J connectivity index is 1.75. The van der Waals surface area contributed by atoms with E-state index in [9.17, 15) is 27.6 Å². The Kier molecular flexibility index (Phi) is 4.72. The second-order valence-electron chi connectivity index (χ2n) is 9.38. The van der Waals surface area contributed by atoms with Crippen molar-refractivity contribution in [3.8, 4) is 6.07 Å². The number of halogens is 3. The Morgan fingerprint density at radius 3 is 2.12 bits per heavy atom. The van der Waals surface area contributed by atoms with Crippen molar-refractivity contribution in [3.05, 3.63) is 29.3 Å². The van der Waals surface area contributed by atoms with Crippen molar-refractivity contribution < 1.29 is 32.3 Å². The van der Waals surface area contributed by atoms with Crippen molar-refractivity contribution in [1.29, 1.82) is 5.26 Å². The van der Waals surface area contributed by atoms with Crippen molar-refractivity contribution in [1.82, 2.24) is 4.90 Å². The van der Waals surface area contributed by atoms with E-state index in [0.717, 1.165) is 11.0 Å². The van der Waals surface area contributed by atoms with E-state index >= 15 is 0 Å². The third-order valence-electron chi connectivity index (χ3n) is 6.59. The SMILES string of the molecule is CC(C)C(=O)N1C[C@@]2(C)O[C@@](C)(C1)[C@@H]1C(=O)N(c3ccc(C#N)c(C(F)(F)F)c3)C(=O)[C@@H]12. The fraction of sp³-hybridized carbons (Fsp3) is 0.545. The second kappa shape index (κ2) is 6.78. The summed E-state index contributed by atoms with van der Waals surface area (Å²) in [5.41, 5.74) is -4.34. The minimum absolute atomic E-state index is 0.106. The van der Waals surface area contributed by atoms with Gasteiger partial charge in [0.2, 0.25) is 17.7 Å². The average Bonchev–Trinajstić information content (AvgIpc) is 3.06. The van der Waals surface area contributed by atoms with Gasteiger partial charge in [0.25, 0.3) is 0 Å². The summed E-state index contributed by atoms with van der Waals surface area (Å²) in [5.74, 6) is -3.60. The average molecular weight is 449 g/mol. The van der Waals surface area contributed by atoms with E-state index in [1.165, 1.54) is 12.1 Å². The number of anilines is 1. The van der Waals surface area contributed by atoms with Crippen LogP contribution in [0.1, 0.15) is 38.8 Å². The number of morpholine rings is 1. The Morgan fingerprint density at radius 2 is 1.69 bits per heavy atom. The molecule has 3 aliphatic heterocycles. The highest BCUT2D eigenvalue weighted by Gasteiger charge is 2.72. The normalized spacial score (nSPS) is 31.8. The summed E-state index contributed by atoms with van der Waals surface area (Å²) in [5, 5.41) is 9.01. The maximum Gasteiger partial charge on any atom is 0.417 e. The van der Waals surface area contributed by atoms with Crippen molar-refractivity contribution in [2.45, 2.75) is 45.1 Å². The zero-order valence-electron chi connectivity index (χ0n) is 18.0. The van der Waals surface area contributed by atoms with E-state index < -0.39 is 52.2 Å². The van der Waals surface area contributed by atoms with Gasteiger partial charge in [0.15, 0.2) is 0 Å². The van der Waals surface area contributed by atoms with Crippen LogP contribution >= 0.6 is 0 Å². The first-order valence-electron chi connectivity index (χ1n) is 10.2. The van der Waals surface area contributed by atoms with Crippen LogP contribution in [0.15, 0.2) is 18.2 Å². The molecule has 4 rings (SSSR count). The number of fused-ring (bicyclic) bond motifs is 5. The van der Waals surface area contributed by atoms with Crippen molar-refractivity contribution in [3.63, 3.8) is 0 Å². The number of benzene rings is 1. The molecule has 3 aliphatic rings. The molecule has 32 heavy (non-hydrogen) atoms. The molecule has 0 radical (unpaired) electrons. The molecule has 0 spiro atoms. The highest BCUT2D eigenvalue weighted by Crippen LogP contribution is 2.55. The Hall–Kier alpha value is -2.93. The first kappa shape index (κ1) is 22.3. The number of hydrogen-bond donors (Lipinski definition) is 0. The van der Waals surface area contributed by atoms with Crippen LogP contribution in [0.4, 0.5) is 18.9 Å². The van der Waals surface area contributed by atoms with E-state index in [1.54, 1.807) is 32.6 Å². The summed E-state index contributed by atoms with van der Waals surface area (Å²) >= 11 is 0. The highest BCUT2D eigenvalue weighted by molar-refractivity contribution is 6.23. The van der Waals surface area contributed by atoms with Gasteiger partial charge in [0.1, 0.15) is 0 Å². The molecule has 1 aromatic rings. The number of hydrogen-bond acceptors (Lipinski definition) is 5. The molecule has 170 valence electrons. The van der Waals surface area contributed by atoms with E-state index in [2.05, 4.69) is 0 Å². The van der Waals surface area contributed by atoms with Gasteiger partial charge in [-0.2, -0.15) is 18.4 Å². The van der Waals surface area contributed by atoms with Crippen LogP contribution in [0.25, 0.3) is 0 Å². The molecule has 7 nitrogen and oxygen atoms in total. The van der Waals surface area contributed by atoms with Gasteiger partial charge < -0.3 is 9.64 Å². The summed E-state index contributed by atoms with van der Waals surface area (Å²) < 4.78 is 46.4. The lowest BCUT2D eigenvalue weighted by atomic mass is 9.79. The molecular weight excluding hydrogens is 427 g/mol. The number of alkyl halides is 3. The van der Waals surface area contributed by atoms with Crippen LogP contribution in [0, 0.1) is 29.1 Å². The van der Waals surface area contributed by atoms with Gasteiger partial charge in [-0.15, -0.1) is 0 Å². The molecule has 3 amide bonds. The summed E-state index contributed by atoms with van der Waals surface area (Å²) in [6.07, 6.45) is -4.82. The van der Waals surface area contributed by atoms with E-state index in [-0.39, 0.29) is 30.6 Å². The van der Waals surface area contributed by atoms with Gasteiger partial charge in [-0.05, 0) is 32.0 Å². The highest BCUT2D eigenvalue weighted by atomic mass is 19.4. The molecule has 3 saturated heterocycles. The first-order chi connectivity index (χ1) is 14.7. The van der Waals surface area contributed by atoms with Crippen LogP contribution < -0.4 is 4.90 Å². The van der Waals surface area contributed by atoms with E-state index in [1.807, 2.05) is 0 Å². The predicted octanol–water partition coefficient (Wildman–Crippen LogP) is 2.73. The number of carbonyl (C=O) groups is 3. The van der Waals surface area contributed by atoms with Crippen molar-refractivity contribution in [2.75, 3.05) is 18.0 Å². The number of carbonyl (C=O) groups excluding carboxylic acids is 3. The van der Waals surface area contributed by atoms with Gasteiger partial charge in [-0.3, -0.25) is 14.4 Å². The number of nitrogens with zero attached hydrogens (tertiary/aromatic N) is 3. The van der Waals surface area contributed by atoms with Crippen molar-refractivity contribution in [2.24, 2.45) is 17.8 Å². The molecule has 0 N–H and O–H groups in total. The van der Waals surface area contributed by atoms with Crippen LogP contribution in [0.2, 0.25) is 0 Å². The summed E-state index contributed by atoms with van der Waals surface area (Å²) in [7, 11) is 0. The van der Waals surface area contributed by atoms with Crippen LogP contribution in [0.5, 0.6) is 0 Å². The number of nitriles is 1. The van der Waals surface area contributed by atoms with Gasteiger partial charge in [-0.1, -0.05) is 13.8 Å². The fourth-order valence-electron chi connectivity index (χ4n) is 5.41. The fourth-order valence-corrected chi connectivity index (χ4v) is 5.41. The minimum Gasteiger partial charge on any atom is -0.364 e. The maximum atomic E-state index is 13.4. The molecule has 0 saturated carbocycles. The van der Waals surface area contributed by atoms with Gasteiger partial charge in [-0.25, -0.2) is 4.90 Å². The van der Waals surface area contributed by atoms with Crippen LogP contribution in [0.3, 0.4) is 0 Å². The number of amides is 3. The predicted molar refractivity (Wildman–Crippen MR) is 105 cm³/mol. The second-order valence-corrected chi connectivity index (χ2v) is 9.38.